The van der Waals surface area contributed by atoms with Crippen LogP contribution in [0.15, 0.2) is 237 Å². The Bertz CT molecular complexity index is 2780. The summed E-state index contributed by atoms with van der Waals surface area (Å²) in [4.78, 5) is 4.89. The van der Waals surface area contributed by atoms with Crippen LogP contribution >= 0.6 is 0 Å². The van der Waals surface area contributed by atoms with E-state index < -0.39 is 0 Å². The molecule has 0 aromatic heterocycles. The fourth-order valence-electron chi connectivity index (χ4n) is 9.16. The third-order valence-electron chi connectivity index (χ3n) is 12.2. The van der Waals surface area contributed by atoms with Gasteiger partial charge >= 0.3 is 0 Å². The van der Waals surface area contributed by atoms with Crippen LogP contribution in [0.1, 0.15) is 31.0 Å². The van der Waals surface area contributed by atoms with E-state index in [2.05, 4.69) is 260 Å². The standard InChI is InChI=1S/C58H46N2/c1-58(2)55-26-12-13-27-56(55)60(57(58)47-20-10-5-11-21-47)54-25-15-24-50(41-54)49-23-14-22-48(40-49)46-32-38-53(39-33-46)59(51-34-28-44(29-35-51)42-16-6-3-7-17-42)52-36-30-45(31-37-52)43-18-8-4-9-19-43/h3-41,57H,1-2H3. The number of rotatable bonds is 9. The highest BCUT2D eigenvalue weighted by molar-refractivity contribution is 5.83. The van der Waals surface area contributed by atoms with Gasteiger partial charge in [0.25, 0.3) is 0 Å². The van der Waals surface area contributed by atoms with Crippen molar-refractivity contribution < 1.29 is 0 Å². The van der Waals surface area contributed by atoms with Crippen molar-refractivity contribution in [2.24, 2.45) is 0 Å². The van der Waals surface area contributed by atoms with E-state index in [1.807, 2.05) is 0 Å². The summed E-state index contributed by atoms with van der Waals surface area (Å²) in [5.74, 6) is 0. The number of anilines is 5. The van der Waals surface area contributed by atoms with Gasteiger partial charge in [-0.05, 0) is 116 Å². The molecule has 0 saturated carbocycles. The van der Waals surface area contributed by atoms with Crippen molar-refractivity contribution in [2.75, 3.05) is 9.80 Å². The average Bonchev–Trinajstić information content (AvgIpc) is 3.57. The van der Waals surface area contributed by atoms with Gasteiger partial charge in [0, 0.05) is 33.9 Å². The molecule has 1 unspecified atom stereocenters. The third kappa shape index (κ3) is 6.97. The summed E-state index contributed by atoms with van der Waals surface area (Å²) in [5, 5.41) is 0. The molecule has 0 fully saturated rings. The van der Waals surface area contributed by atoms with Gasteiger partial charge in [-0.3, -0.25) is 0 Å². The first-order chi connectivity index (χ1) is 29.5. The van der Waals surface area contributed by atoms with Crippen LogP contribution in [-0.4, -0.2) is 0 Å². The third-order valence-corrected chi connectivity index (χ3v) is 12.2. The molecule has 0 saturated heterocycles. The highest BCUT2D eigenvalue weighted by Gasteiger charge is 2.45. The molecule has 9 aromatic rings. The summed E-state index contributed by atoms with van der Waals surface area (Å²) in [6.07, 6.45) is 0. The molecule has 1 atom stereocenters. The lowest BCUT2D eigenvalue weighted by Crippen LogP contribution is -2.30. The van der Waals surface area contributed by atoms with Gasteiger partial charge < -0.3 is 9.80 Å². The molecule has 1 aliphatic rings. The van der Waals surface area contributed by atoms with E-state index in [9.17, 15) is 0 Å². The highest BCUT2D eigenvalue weighted by Crippen LogP contribution is 2.56. The molecule has 0 N–H and O–H groups in total. The zero-order chi connectivity index (χ0) is 40.5. The van der Waals surface area contributed by atoms with Crippen molar-refractivity contribution in [3.8, 4) is 44.5 Å². The minimum atomic E-state index is -0.0765. The molecule has 0 amide bonds. The Labute approximate surface area is 354 Å². The molecule has 1 heterocycles. The summed E-state index contributed by atoms with van der Waals surface area (Å²) in [6.45, 7) is 4.76. The highest BCUT2D eigenvalue weighted by atomic mass is 15.2. The minimum Gasteiger partial charge on any atom is -0.333 e. The summed E-state index contributed by atoms with van der Waals surface area (Å²) in [5.41, 5.74) is 18.0. The zero-order valence-corrected chi connectivity index (χ0v) is 34.0. The quantitative estimate of drug-likeness (QED) is 0.144. The number of hydrogen-bond acceptors (Lipinski definition) is 2. The Kier molecular flexibility index (Phi) is 9.67. The van der Waals surface area contributed by atoms with Crippen LogP contribution in [0.2, 0.25) is 0 Å². The monoisotopic (exact) mass is 770 g/mol. The van der Waals surface area contributed by atoms with Crippen LogP contribution in [0.3, 0.4) is 0 Å². The minimum absolute atomic E-state index is 0.0765. The summed E-state index contributed by atoms with van der Waals surface area (Å²) < 4.78 is 0. The number of hydrogen-bond donors (Lipinski definition) is 0. The Hall–Kier alpha value is -7.42. The normalized spacial score (nSPS) is 14.1. The Morgan fingerprint density at radius 3 is 1.27 bits per heavy atom. The second kappa shape index (κ2) is 15.7. The lowest BCUT2D eigenvalue weighted by molar-refractivity contribution is 0.449. The summed E-state index contributed by atoms with van der Waals surface area (Å²) in [7, 11) is 0. The van der Waals surface area contributed by atoms with Gasteiger partial charge in [0.15, 0.2) is 0 Å². The SMILES string of the molecule is CC1(C)c2ccccc2N(c2cccc(-c3cccc(-c4ccc(N(c5ccc(-c6ccccc6)cc5)c5ccc(-c6ccccc6)cc5)cc4)c3)c2)C1c1ccccc1. The molecule has 1 aliphatic heterocycles. The van der Waals surface area contributed by atoms with Crippen LogP contribution in [-0.2, 0) is 5.41 Å². The van der Waals surface area contributed by atoms with Gasteiger partial charge in [0.1, 0.15) is 0 Å². The largest absolute Gasteiger partial charge is 0.333 e. The fourth-order valence-corrected chi connectivity index (χ4v) is 9.16. The first-order valence-electron chi connectivity index (χ1n) is 20.9. The molecule has 0 aliphatic carbocycles. The molecule has 0 radical (unpaired) electrons. The maximum absolute atomic E-state index is 2.55. The van der Waals surface area contributed by atoms with Crippen LogP contribution in [0.4, 0.5) is 28.4 Å². The van der Waals surface area contributed by atoms with Crippen LogP contribution in [0, 0.1) is 0 Å². The lowest BCUT2D eigenvalue weighted by atomic mass is 9.77. The maximum atomic E-state index is 2.55. The van der Waals surface area contributed by atoms with Crippen molar-refractivity contribution >= 4 is 28.4 Å². The number of benzene rings is 9. The number of nitrogens with zero attached hydrogens (tertiary/aromatic N) is 2. The van der Waals surface area contributed by atoms with Crippen molar-refractivity contribution in [3.05, 3.63) is 248 Å². The van der Waals surface area contributed by atoms with Crippen molar-refractivity contribution in [1.29, 1.82) is 0 Å². The van der Waals surface area contributed by atoms with Gasteiger partial charge in [-0.1, -0.05) is 190 Å². The van der Waals surface area contributed by atoms with E-state index in [0.29, 0.717) is 0 Å². The second-order valence-electron chi connectivity index (χ2n) is 16.3. The molecule has 288 valence electrons. The first-order valence-corrected chi connectivity index (χ1v) is 20.9. The van der Waals surface area contributed by atoms with E-state index in [1.54, 1.807) is 0 Å². The molecule has 60 heavy (non-hydrogen) atoms. The van der Waals surface area contributed by atoms with E-state index in [1.165, 1.54) is 67.0 Å². The molecule has 2 nitrogen and oxygen atoms in total. The molecule has 0 bridgehead atoms. The smallest absolute Gasteiger partial charge is 0.0683 e. The van der Waals surface area contributed by atoms with Crippen molar-refractivity contribution in [1.82, 2.24) is 0 Å². The van der Waals surface area contributed by atoms with Crippen LogP contribution in [0.25, 0.3) is 44.5 Å². The predicted molar refractivity (Wildman–Crippen MR) is 254 cm³/mol. The predicted octanol–water partition coefficient (Wildman–Crippen LogP) is 16.0. The molecule has 9 aromatic carbocycles. The summed E-state index contributed by atoms with van der Waals surface area (Å²) in [6, 6.07) is 86.0. The van der Waals surface area contributed by atoms with E-state index in [4.69, 9.17) is 0 Å². The Morgan fingerprint density at radius 1 is 0.350 bits per heavy atom. The average molecular weight is 771 g/mol. The lowest BCUT2D eigenvalue weighted by Gasteiger charge is -2.35. The molecule has 0 spiro atoms. The van der Waals surface area contributed by atoms with Crippen LogP contribution in [0.5, 0.6) is 0 Å². The number of para-hydroxylation sites is 1. The van der Waals surface area contributed by atoms with E-state index >= 15 is 0 Å². The molecule has 10 rings (SSSR count). The maximum Gasteiger partial charge on any atom is 0.0683 e. The van der Waals surface area contributed by atoms with Gasteiger partial charge in [-0.15, -0.1) is 0 Å². The topological polar surface area (TPSA) is 6.48 Å². The fraction of sp³-hybridized carbons (Fsp3) is 0.0690. The second-order valence-corrected chi connectivity index (χ2v) is 16.3. The molecular formula is C58H46N2. The first kappa shape index (κ1) is 36.9. The van der Waals surface area contributed by atoms with Gasteiger partial charge in [0.05, 0.1) is 6.04 Å². The van der Waals surface area contributed by atoms with Crippen molar-refractivity contribution in [2.45, 2.75) is 25.3 Å². The van der Waals surface area contributed by atoms with Crippen molar-refractivity contribution in [3.63, 3.8) is 0 Å². The van der Waals surface area contributed by atoms with E-state index in [0.717, 1.165) is 17.1 Å². The van der Waals surface area contributed by atoms with Gasteiger partial charge in [-0.2, -0.15) is 0 Å². The Morgan fingerprint density at radius 2 is 0.733 bits per heavy atom. The molecule has 2 heteroatoms. The Balaban J connectivity index is 0.974. The zero-order valence-electron chi connectivity index (χ0n) is 34.0. The number of fused-ring (bicyclic) bond motifs is 1. The van der Waals surface area contributed by atoms with E-state index in [-0.39, 0.29) is 11.5 Å². The van der Waals surface area contributed by atoms with Gasteiger partial charge in [-0.25, -0.2) is 0 Å². The molecular weight excluding hydrogens is 725 g/mol. The summed E-state index contributed by atoms with van der Waals surface area (Å²) >= 11 is 0. The van der Waals surface area contributed by atoms with Crippen LogP contribution < -0.4 is 9.80 Å². The van der Waals surface area contributed by atoms with Gasteiger partial charge in [0.2, 0.25) is 0 Å².